The highest BCUT2D eigenvalue weighted by Gasteiger charge is 2.24. The van der Waals surface area contributed by atoms with E-state index in [1.54, 1.807) is 0 Å². The fourth-order valence-electron chi connectivity index (χ4n) is 0.949. The Morgan fingerprint density at radius 1 is 1.11 bits per heavy atom. The van der Waals surface area contributed by atoms with Gasteiger partial charge in [-0.2, -0.15) is 13.2 Å². The molecule has 0 aromatic carbocycles. The summed E-state index contributed by atoms with van der Waals surface area (Å²) in [6, 6.07) is 0. The zero-order chi connectivity index (χ0) is 14.8. The molecule has 112 valence electrons. The molecule has 0 radical (unpaired) electrons. The molecular weight excluding hydrogens is 259 g/mol. The molecule has 0 aromatic rings. The van der Waals surface area contributed by atoms with Gasteiger partial charge in [0.05, 0.1) is 0 Å². The van der Waals surface area contributed by atoms with Crippen molar-refractivity contribution in [2.45, 2.75) is 52.5 Å². The van der Waals surface area contributed by atoms with E-state index in [2.05, 4.69) is 38.5 Å². The van der Waals surface area contributed by atoms with Gasteiger partial charge in [-0.15, -0.1) is 0 Å². The largest absolute Gasteiger partial charge is 0.416 e. The van der Waals surface area contributed by atoms with Gasteiger partial charge in [0.15, 0.2) is 8.32 Å². The number of rotatable bonds is 6. The number of likely N-dealkylation sites (N-methyl/N-ethyl adjacent to an activating group) is 1. The molecule has 0 aliphatic rings. The lowest BCUT2D eigenvalue weighted by Gasteiger charge is -2.20. The second kappa shape index (κ2) is 9.80. The van der Waals surface area contributed by atoms with Crippen LogP contribution in [0.4, 0.5) is 13.2 Å². The Morgan fingerprint density at radius 3 is 1.83 bits per heavy atom. The molecule has 6 heteroatoms. The number of halogens is 3. The maximum Gasteiger partial charge on any atom is 0.389 e. The molecule has 0 aliphatic carbocycles. The molecule has 0 saturated heterocycles. The van der Waals surface area contributed by atoms with E-state index < -0.39 is 20.9 Å². The minimum atomic E-state index is -3.95. The minimum Gasteiger partial charge on any atom is -0.416 e. The van der Waals surface area contributed by atoms with E-state index in [4.69, 9.17) is 4.43 Å². The molecule has 0 atom stereocenters. The molecule has 0 unspecified atom stereocenters. The van der Waals surface area contributed by atoms with Crippen LogP contribution in [-0.4, -0.2) is 46.1 Å². The number of alkyl halides is 3. The molecule has 0 fully saturated rings. The second-order valence-electron chi connectivity index (χ2n) is 5.22. The Kier molecular flexibility index (Phi) is 11.0. The van der Waals surface area contributed by atoms with E-state index in [0.29, 0.717) is 0 Å². The third kappa shape index (κ3) is 21.2. The van der Waals surface area contributed by atoms with Gasteiger partial charge >= 0.3 is 6.18 Å². The van der Waals surface area contributed by atoms with E-state index in [1.807, 2.05) is 0 Å². The Bertz CT molecular complexity index is 193. The van der Waals surface area contributed by atoms with Gasteiger partial charge in [0.25, 0.3) is 0 Å². The zero-order valence-corrected chi connectivity index (χ0v) is 13.5. The van der Waals surface area contributed by atoms with Crippen molar-refractivity contribution in [1.82, 2.24) is 4.90 Å². The summed E-state index contributed by atoms with van der Waals surface area (Å²) in [6.45, 7) is 13.4. The fraction of sp³-hybridized carbons (Fsp3) is 1.00. The van der Waals surface area contributed by atoms with Gasteiger partial charge in [0.1, 0.15) is 0 Å². The Morgan fingerprint density at radius 2 is 1.61 bits per heavy atom. The monoisotopic (exact) mass is 287 g/mol. The Hall–Kier alpha value is -0.0731. The quantitative estimate of drug-likeness (QED) is 0.681. The zero-order valence-electron chi connectivity index (χ0n) is 12.5. The van der Waals surface area contributed by atoms with Crippen LogP contribution in [0.1, 0.15) is 26.7 Å². The standard InChI is InChI=1S/C8H21NOSi.C4H7F3/c1-6-9(2)7-8-10-11(3,4)5;1-2-3-4(5,6)7/h6-8H2,1-5H3;2-3H2,1H3. The van der Waals surface area contributed by atoms with Crippen LogP contribution in [0.3, 0.4) is 0 Å². The van der Waals surface area contributed by atoms with Crippen molar-refractivity contribution >= 4 is 8.32 Å². The van der Waals surface area contributed by atoms with E-state index in [1.165, 1.54) is 6.92 Å². The molecule has 0 bridgehead atoms. The molecule has 0 aliphatic heterocycles. The SMILES string of the molecule is CCCC(F)(F)F.CCN(C)CCO[Si](C)(C)C. The summed E-state index contributed by atoms with van der Waals surface area (Å²) < 4.78 is 38.9. The van der Waals surface area contributed by atoms with Gasteiger partial charge in [0.2, 0.25) is 0 Å². The second-order valence-corrected chi connectivity index (χ2v) is 9.74. The molecule has 0 amide bonds. The van der Waals surface area contributed by atoms with E-state index in [9.17, 15) is 13.2 Å². The highest BCUT2D eigenvalue weighted by molar-refractivity contribution is 6.69. The Labute approximate surface area is 111 Å². The number of hydrogen-bond acceptors (Lipinski definition) is 2. The summed E-state index contributed by atoms with van der Waals surface area (Å²) in [4.78, 5) is 2.26. The number of nitrogens with zero attached hydrogens (tertiary/aromatic N) is 1. The Balaban J connectivity index is 0. The van der Waals surface area contributed by atoms with Gasteiger partial charge in [-0.1, -0.05) is 13.8 Å². The molecule has 0 rings (SSSR count). The van der Waals surface area contributed by atoms with Crippen LogP contribution in [0.2, 0.25) is 19.6 Å². The van der Waals surface area contributed by atoms with Crippen molar-refractivity contribution in [3.8, 4) is 0 Å². The molecule has 0 saturated carbocycles. The van der Waals surface area contributed by atoms with Crippen molar-refractivity contribution in [1.29, 1.82) is 0 Å². The number of hydrogen-bond donors (Lipinski definition) is 0. The van der Waals surface area contributed by atoms with Crippen LogP contribution < -0.4 is 0 Å². The van der Waals surface area contributed by atoms with Crippen LogP contribution in [0, 0.1) is 0 Å². The first-order valence-electron chi connectivity index (χ1n) is 6.41. The third-order valence-corrected chi connectivity index (χ3v) is 3.15. The van der Waals surface area contributed by atoms with Gasteiger partial charge in [-0.25, -0.2) is 0 Å². The molecular formula is C12H28F3NOSi. The highest BCUT2D eigenvalue weighted by atomic mass is 28.4. The predicted molar refractivity (Wildman–Crippen MR) is 73.4 cm³/mol. The van der Waals surface area contributed by atoms with E-state index >= 15 is 0 Å². The van der Waals surface area contributed by atoms with Crippen molar-refractivity contribution in [3.63, 3.8) is 0 Å². The van der Waals surface area contributed by atoms with Crippen LogP contribution in [0.5, 0.6) is 0 Å². The molecule has 0 aromatic heterocycles. The summed E-state index contributed by atoms with van der Waals surface area (Å²) in [5.74, 6) is 0. The summed E-state index contributed by atoms with van der Waals surface area (Å²) in [6.07, 6.45) is -4.43. The van der Waals surface area contributed by atoms with Crippen LogP contribution in [-0.2, 0) is 4.43 Å². The molecule has 2 nitrogen and oxygen atoms in total. The first-order valence-corrected chi connectivity index (χ1v) is 9.82. The van der Waals surface area contributed by atoms with Gasteiger partial charge in [0, 0.05) is 19.6 Å². The van der Waals surface area contributed by atoms with Crippen molar-refractivity contribution in [3.05, 3.63) is 0 Å². The molecule has 18 heavy (non-hydrogen) atoms. The average Bonchev–Trinajstić information content (AvgIpc) is 2.14. The summed E-state index contributed by atoms with van der Waals surface area (Å²) >= 11 is 0. The lowest BCUT2D eigenvalue weighted by Crippen LogP contribution is -2.31. The summed E-state index contributed by atoms with van der Waals surface area (Å²) in [5.41, 5.74) is 0. The predicted octanol–water partition coefficient (Wildman–Crippen LogP) is 4.14. The van der Waals surface area contributed by atoms with Gasteiger partial charge in [-0.05, 0) is 39.7 Å². The topological polar surface area (TPSA) is 12.5 Å². The normalized spacial score (nSPS) is 12.3. The lowest BCUT2D eigenvalue weighted by atomic mass is 10.3. The van der Waals surface area contributed by atoms with Gasteiger partial charge < -0.3 is 9.33 Å². The smallest absolute Gasteiger partial charge is 0.389 e. The van der Waals surface area contributed by atoms with Gasteiger partial charge in [-0.3, -0.25) is 0 Å². The summed E-state index contributed by atoms with van der Waals surface area (Å²) in [7, 11) is 0.855. The maximum atomic E-state index is 11.1. The van der Waals surface area contributed by atoms with Crippen LogP contribution in [0.15, 0.2) is 0 Å². The molecule has 0 N–H and O–H groups in total. The van der Waals surface area contributed by atoms with Crippen LogP contribution in [0.25, 0.3) is 0 Å². The lowest BCUT2D eigenvalue weighted by molar-refractivity contribution is -0.134. The summed E-state index contributed by atoms with van der Waals surface area (Å²) in [5, 5.41) is 0. The molecule has 0 heterocycles. The average molecular weight is 287 g/mol. The van der Waals surface area contributed by atoms with Crippen molar-refractivity contribution in [2.24, 2.45) is 0 Å². The third-order valence-electron chi connectivity index (χ3n) is 2.08. The minimum absolute atomic E-state index is 0.184. The molecule has 0 spiro atoms. The maximum absolute atomic E-state index is 11.1. The van der Waals surface area contributed by atoms with Crippen LogP contribution >= 0.6 is 0 Å². The first kappa shape index (κ1) is 20.2. The highest BCUT2D eigenvalue weighted by Crippen LogP contribution is 2.20. The first-order chi connectivity index (χ1) is 8.02. The van der Waals surface area contributed by atoms with Crippen molar-refractivity contribution < 1.29 is 17.6 Å². The van der Waals surface area contributed by atoms with Crippen molar-refractivity contribution in [2.75, 3.05) is 26.7 Å². The van der Waals surface area contributed by atoms with E-state index in [0.717, 1.165) is 19.7 Å². The fourth-order valence-corrected chi connectivity index (χ4v) is 1.65. The van der Waals surface area contributed by atoms with E-state index in [-0.39, 0.29) is 6.42 Å².